The first-order valence-electron chi connectivity index (χ1n) is 14.7. The van der Waals surface area contributed by atoms with E-state index >= 15 is 0 Å². The lowest BCUT2D eigenvalue weighted by molar-refractivity contribution is 0.0714. The molecule has 0 N–H and O–H groups in total. The highest BCUT2D eigenvalue weighted by molar-refractivity contribution is 6.60. The molecule has 0 spiro atoms. The Balaban J connectivity index is 1.40. The summed E-state index contributed by atoms with van der Waals surface area (Å²) in [4.78, 5) is 2.37. The van der Waals surface area contributed by atoms with E-state index in [0.29, 0.717) is 19.8 Å². The van der Waals surface area contributed by atoms with Gasteiger partial charge in [-0.2, -0.15) is 0 Å². The Labute approximate surface area is 243 Å². The normalized spacial score (nSPS) is 12.1. The van der Waals surface area contributed by atoms with E-state index in [1.165, 1.54) is 43.6 Å². The van der Waals surface area contributed by atoms with E-state index in [1.54, 1.807) is 0 Å². The molecule has 0 fully saturated rings. The Hall–Kier alpha value is -3.74. The van der Waals surface area contributed by atoms with Crippen molar-refractivity contribution in [3.8, 4) is 0 Å². The van der Waals surface area contributed by atoms with Gasteiger partial charge < -0.3 is 18.2 Å². The molecule has 0 atom stereocenters. The fourth-order valence-electron chi connectivity index (χ4n) is 6.03. The molecule has 5 heteroatoms. The van der Waals surface area contributed by atoms with Gasteiger partial charge in [0.05, 0.1) is 5.69 Å². The fourth-order valence-corrected chi connectivity index (χ4v) is 8.63. The molecule has 0 aliphatic carbocycles. The minimum Gasteiger partial charge on any atom is -0.374 e. The van der Waals surface area contributed by atoms with E-state index in [1.807, 2.05) is 20.8 Å². The predicted octanol–water partition coefficient (Wildman–Crippen LogP) is 9.64. The van der Waals surface area contributed by atoms with Crippen molar-refractivity contribution in [2.24, 2.45) is 0 Å². The zero-order chi connectivity index (χ0) is 28.2. The highest BCUT2D eigenvalue weighted by Crippen LogP contribution is 2.43. The van der Waals surface area contributed by atoms with Gasteiger partial charge in [0.2, 0.25) is 0 Å². The van der Waals surface area contributed by atoms with E-state index in [4.69, 9.17) is 13.3 Å². The summed E-state index contributed by atoms with van der Waals surface area (Å²) in [5.41, 5.74) is 4.67. The maximum atomic E-state index is 6.09. The van der Waals surface area contributed by atoms with Crippen molar-refractivity contribution >= 4 is 58.2 Å². The summed E-state index contributed by atoms with van der Waals surface area (Å²) in [5.74, 6) is 0. The average Bonchev–Trinajstić information content (AvgIpc) is 3.01. The van der Waals surface area contributed by atoms with Gasteiger partial charge in [0.1, 0.15) is 0 Å². The molecule has 0 amide bonds. The Bertz CT molecular complexity index is 1700. The summed E-state index contributed by atoms with van der Waals surface area (Å²) < 4.78 is 18.3. The molecule has 0 radical (unpaired) electrons. The van der Waals surface area contributed by atoms with E-state index < -0.39 is 8.80 Å². The number of para-hydroxylation sites is 1. The van der Waals surface area contributed by atoms with E-state index in [9.17, 15) is 0 Å². The molecule has 0 aromatic heterocycles. The van der Waals surface area contributed by atoms with Crippen molar-refractivity contribution < 1.29 is 13.3 Å². The first-order valence-corrected chi connectivity index (χ1v) is 16.6. The number of hydrogen-bond donors (Lipinski definition) is 0. The van der Waals surface area contributed by atoms with Crippen LogP contribution in [-0.2, 0) is 19.7 Å². The molecule has 208 valence electrons. The van der Waals surface area contributed by atoms with Gasteiger partial charge in [-0.1, -0.05) is 78.9 Å². The van der Waals surface area contributed by atoms with Gasteiger partial charge in [-0.15, -0.1) is 0 Å². The molecule has 0 unspecified atom stereocenters. The maximum Gasteiger partial charge on any atom is 0.501 e. The Morgan fingerprint density at radius 3 is 1.73 bits per heavy atom. The van der Waals surface area contributed by atoms with Gasteiger partial charge in [-0.05, 0) is 90.0 Å². The first-order chi connectivity index (χ1) is 20.2. The topological polar surface area (TPSA) is 30.9 Å². The van der Waals surface area contributed by atoms with Crippen LogP contribution in [0.5, 0.6) is 0 Å². The van der Waals surface area contributed by atoms with Crippen LogP contribution in [0.4, 0.5) is 17.1 Å². The molecule has 6 rings (SSSR count). The molecular formula is C36H37NO3Si. The number of nitrogens with zero attached hydrogens (tertiary/aromatic N) is 1. The van der Waals surface area contributed by atoms with Crippen molar-refractivity contribution in [1.82, 2.24) is 0 Å². The zero-order valence-electron chi connectivity index (χ0n) is 24.1. The monoisotopic (exact) mass is 559 g/mol. The summed E-state index contributed by atoms with van der Waals surface area (Å²) in [6.07, 6.45) is 0.844. The molecule has 0 aliphatic heterocycles. The van der Waals surface area contributed by atoms with Crippen molar-refractivity contribution in [3.63, 3.8) is 0 Å². The van der Waals surface area contributed by atoms with E-state index in [-0.39, 0.29) is 0 Å². The van der Waals surface area contributed by atoms with Crippen LogP contribution in [0, 0.1) is 0 Å². The minimum atomic E-state index is -2.69. The molecule has 0 bridgehead atoms. The van der Waals surface area contributed by atoms with Crippen molar-refractivity contribution in [1.29, 1.82) is 0 Å². The highest BCUT2D eigenvalue weighted by Gasteiger charge is 2.39. The second-order valence-corrected chi connectivity index (χ2v) is 13.0. The zero-order valence-corrected chi connectivity index (χ0v) is 25.1. The van der Waals surface area contributed by atoms with Crippen LogP contribution in [0.2, 0.25) is 6.04 Å². The second-order valence-electron chi connectivity index (χ2n) is 10.3. The minimum absolute atomic E-state index is 0.594. The first kappa shape index (κ1) is 27.4. The summed E-state index contributed by atoms with van der Waals surface area (Å²) in [7, 11) is -2.69. The molecule has 0 saturated heterocycles. The maximum absolute atomic E-state index is 6.09. The number of aryl methyl sites for hydroxylation is 1. The van der Waals surface area contributed by atoms with Gasteiger partial charge in [0, 0.05) is 42.6 Å². The second kappa shape index (κ2) is 12.0. The van der Waals surface area contributed by atoms with Crippen molar-refractivity contribution in [2.45, 2.75) is 33.2 Å². The number of hydrogen-bond acceptors (Lipinski definition) is 4. The van der Waals surface area contributed by atoms with Gasteiger partial charge in [0.25, 0.3) is 0 Å². The third kappa shape index (κ3) is 5.34. The fraction of sp³-hybridized carbons (Fsp3) is 0.222. The lowest BCUT2D eigenvalue weighted by Gasteiger charge is -2.29. The Kier molecular flexibility index (Phi) is 8.03. The van der Waals surface area contributed by atoms with E-state index in [2.05, 4.69) is 114 Å². The SMILES string of the molecule is CCO[Si](CCc1ccc(N(c2ccccc2)c2ccc3ccc4cccc5ccc2c3c45)cc1)(OCC)OCC. The molecule has 4 nitrogen and oxygen atoms in total. The molecule has 0 saturated carbocycles. The van der Waals surface area contributed by atoms with Gasteiger partial charge >= 0.3 is 8.80 Å². The Morgan fingerprint density at radius 2 is 1.10 bits per heavy atom. The van der Waals surface area contributed by atoms with Crippen LogP contribution < -0.4 is 4.90 Å². The van der Waals surface area contributed by atoms with Crippen LogP contribution >= 0.6 is 0 Å². The average molecular weight is 560 g/mol. The third-order valence-corrected chi connectivity index (χ3v) is 10.8. The number of anilines is 3. The smallest absolute Gasteiger partial charge is 0.374 e. The summed E-state index contributed by atoms with van der Waals surface area (Å²) >= 11 is 0. The predicted molar refractivity (Wildman–Crippen MR) is 174 cm³/mol. The molecule has 41 heavy (non-hydrogen) atoms. The summed E-state index contributed by atoms with van der Waals surface area (Å²) in [6.45, 7) is 7.80. The van der Waals surface area contributed by atoms with Crippen LogP contribution in [0.1, 0.15) is 26.3 Å². The molecule has 6 aromatic rings. The van der Waals surface area contributed by atoms with Crippen LogP contribution in [-0.4, -0.2) is 28.6 Å². The van der Waals surface area contributed by atoms with Gasteiger partial charge in [-0.25, -0.2) is 0 Å². The van der Waals surface area contributed by atoms with Crippen molar-refractivity contribution in [3.05, 3.63) is 115 Å². The molecule has 6 aromatic carbocycles. The van der Waals surface area contributed by atoms with Crippen LogP contribution in [0.3, 0.4) is 0 Å². The summed E-state index contributed by atoms with van der Waals surface area (Å²) in [6, 6.07) is 40.4. The lowest BCUT2D eigenvalue weighted by atomic mass is 9.93. The van der Waals surface area contributed by atoms with Gasteiger partial charge in [-0.3, -0.25) is 0 Å². The van der Waals surface area contributed by atoms with E-state index in [0.717, 1.165) is 23.8 Å². The largest absolute Gasteiger partial charge is 0.501 e. The number of rotatable bonds is 12. The molecule has 0 heterocycles. The van der Waals surface area contributed by atoms with Gasteiger partial charge in [0.15, 0.2) is 0 Å². The highest BCUT2D eigenvalue weighted by atomic mass is 28.4. The lowest BCUT2D eigenvalue weighted by Crippen LogP contribution is -2.46. The quantitative estimate of drug-likeness (QED) is 0.110. The number of benzene rings is 6. The molecular weight excluding hydrogens is 522 g/mol. The third-order valence-electron chi connectivity index (χ3n) is 7.77. The molecule has 0 aliphatic rings. The summed E-state index contributed by atoms with van der Waals surface area (Å²) in [5, 5.41) is 7.72. The van der Waals surface area contributed by atoms with Crippen LogP contribution in [0.15, 0.2) is 109 Å². The van der Waals surface area contributed by atoms with Crippen LogP contribution in [0.25, 0.3) is 32.3 Å². The Morgan fingerprint density at radius 1 is 0.537 bits per heavy atom. The van der Waals surface area contributed by atoms with Crippen molar-refractivity contribution in [2.75, 3.05) is 24.7 Å². The standard InChI is InChI=1S/C36H37NO3Si/c1-4-38-41(39-5-2,40-6-3)26-25-27-15-21-32(22-16-27)37(31-13-8-7-9-14-31)34-24-20-30-18-17-28-11-10-12-29-19-23-33(34)36(30)35(28)29/h7-24H,4-6,25-26H2,1-3H3.